The lowest BCUT2D eigenvalue weighted by Gasteiger charge is -2.08. The van der Waals surface area contributed by atoms with Crippen LogP contribution in [0.5, 0.6) is 0 Å². The van der Waals surface area contributed by atoms with Gasteiger partial charge in [0.05, 0.1) is 8.95 Å². The number of carbonyl (C=O) groups excluding carboxylic acids is 2. The lowest BCUT2D eigenvalue weighted by atomic mass is 10.1. The number of hydrogen-bond donors (Lipinski definition) is 4. The predicted octanol–water partition coefficient (Wildman–Crippen LogP) is 1.57. The molecule has 0 spiro atoms. The lowest BCUT2D eigenvalue weighted by Crippen LogP contribution is -2.18. The van der Waals surface area contributed by atoms with E-state index in [4.69, 9.17) is 0 Å². The largest absolute Gasteiger partial charge is 0.356 e. The van der Waals surface area contributed by atoms with Crippen LogP contribution in [0.3, 0.4) is 0 Å². The smallest absolute Gasteiger partial charge is 0.222 e. The van der Waals surface area contributed by atoms with Gasteiger partial charge in [-0.3, -0.25) is 9.59 Å². The van der Waals surface area contributed by atoms with Crippen LogP contribution in [-0.4, -0.2) is 57.9 Å². The summed E-state index contributed by atoms with van der Waals surface area (Å²) in [4.78, 5) is 38.2. The van der Waals surface area contributed by atoms with Gasteiger partial charge in [0, 0.05) is 75.6 Å². The number of anilines is 2. The molecular weight excluding hydrogens is 520 g/mol. The van der Waals surface area contributed by atoms with Gasteiger partial charge in [-0.15, -0.1) is 0 Å². The highest BCUT2D eigenvalue weighted by molar-refractivity contribution is 9.10. The number of carbonyl (C=O) groups is 2. The van der Waals surface area contributed by atoms with Gasteiger partial charge in [0.2, 0.25) is 23.7 Å². The van der Waals surface area contributed by atoms with Gasteiger partial charge in [0.15, 0.2) is 0 Å². The number of rotatable bonds is 6. The summed E-state index contributed by atoms with van der Waals surface area (Å²) in [7, 11) is 0. The molecule has 12 heteroatoms. The summed E-state index contributed by atoms with van der Waals surface area (Å²) in [6.45, 7) is 2.92. The van der Waals surface area contributed by atoms with E-state index < -0.39 is 0 Å². The van der Waals surface area contributed by atoms with Gasteiger partial charge >= 0.3 is 0 Å². The summed E-state index contributed by atoms with van der Waals surface area (Å²) in [6.07, 6.45) is 7.93. The van der Waals surface area contributed by atoms with Gasteiger partial charge in [0.1, 0.15) is 0 Å². The van der Waals surface area contributed by atoms with E-state index in [1.54, 1.807) is 24.8 Å². The van der Waals surface area contributed by atoms with E-state index >= 15 is 0 Å². The molecule has 0 saturated carbocycles. The number of halogens is 2. The SMILES string of the molecule is O=C1CC(CNc2ncc(Br)cn2)CN1.O=C1C[C@H](CNc2ncc(Br)cn2)CN1. The molecule has 30 heavy (non-hydrogen) atoms. The molecule has 4 heterocycles. The molecule has 2 saturated heterocycles. The summed E-state index contributed by atoms with van der Waals surface area (Å²) < 4.78 is 1.71. The fourth-order valence-electron chi connectivity index (χ4n) is 2.90. The topological polar surface area (TPSA) is 134 Å². The predicted molar refractivity (Wildman–Crippen MR) is 119 cm³/mol. The van der Waals surface area contributed by atoms with Crippen LogP contribution in [0, 0.1) is 11.8 Å². The van der Waals surface area contributed by atoms with E-state index in [-0.39, 0.29) is 11.8 Å². The molecule has 2 aromatic heterocycles. The first-order valence-corrected chi connectivity index (χ1v) is 11.0. The highest BCUT2D eigenvalue weighted by Crippen LogP contribution is 2.12. The molecule has 2 aliphatic heterocycles. The fraction of sp³-hybridized carbons (Fsp3) is 0.444. The molecule has 2 amide bonds. The molecule has 4 N–H and O–H groups in total. The molecule has 10 nitrogen and oxygen atoms in total. The number of nitrogens with zero attached hydrogens (tertiary/aromatic N) is 4. The Kier molecular flexibility index (Phi) is 8.31. The third kappa shape index (κ3) is 7.48. The third-order valence-electron chi connectivity index (χ3n) is 4.46. The van der Waals surface area contributed by atoms with Crippen LogP contribution >= 0.6 is 31.9 Å². The van der Waals surface area contributed by atoms with E-state index in [1.807, 2.05) is 0 Å². The van der Waals surface area contributed by atoms with Crippen LogP contribution in [0.4, 0.5) is 11.9 Å². The van der Waals surface area contributed by atoms with Gasteiger partial charge in [-0.2, -0.15) is 0 Å². The summed E-state index contributed by atoms with van der Waals surface area (Å²) in [5, 5.41) is 11.8. The van der Waals surface area contributed by atoms with Crippen LogP contribution in [0.1, 0.15) is 12.8 Å². The highest BCUT2D eigenvalue weighted by atomic mass is 79.9. The monoisotopic (exact) mass is 540 g/mol. The molecule has 2 aliphatic rings. The Hall–Kier alpha value is -2.34. The Labute approximate surface area is 190 Å². The Morgan fingerprint density at radius 2 is 1.13 bits per heavy atom. The minimum atomic E-state index is 0.124. The van der Waals surface area contributed by atoms with E-state index in [1.165, 1.54) is 0 Å². The average Bonchev–Trinajstić information content (AvgIpc) is 3.35. The van der Waals surface area contributed by atoms with E-state index in [0.29, 0.717) is 36.6 Å². The Morgan fingerprint density at radius 1 is 0.767 bits per heavy atom. The number of hydrogen-bond acceptors (Lipinski definition) is 8. The van der Waals surface area contributed by atoms with Gasteiger partial charge in [-0.25, -0.2) is 19.9 Å². The number of aromatic nitrogens is 4. The van der Waals surface area contributed by atoms with Crippen molar-refractivity contribution < 1.29 is 9.59 Å². The maximum absolute atomic E-state index is 10.9. The summed E-state index contributed by atoms with van der Waals surface area (Å²) in [5.74, 6) is 2.11. The van der Waals surface area contributed by atoms with E-state index in [9.17, 15) is 9.59 Å². The molecule has 1 unspecified atom stereocenters. The summed E-state index contributed by atoms with van der Waals surface area (Å²) in [5.41, 5.74) is 0. The quantitative estimate of drug-likeness (QED) is 0.433. The van der Waals surface area contributed by atoms with E-state index in [2.05, 4.69) is 73.1 Å². The zero-order valence-electron chi connectivity index (χ0n) is 16.1. The average molecular weight is 542 g/mol. The molecule has 0 bridgehead atoms. The summed E-state index contributed by atoms with van der Waals surface area (Å²) in [6, 6.07) is 0. The third-order valence-corrected chi connectivity index (χ3v) is 5.28. The van der Waals surface area contributed by atoms with Crippen LogP contribution in [0.2, 0.25) is 0 Å². The van der Waals surface area contributed by atoms with Crippen molar-refractivity contribution in [2.75, 3.05) is 36.8 Å². The normalized spacial score (nSPS) is 20.1. The standard InChI is InChI=1S/2C9H11BrN4O/c2*10-7-4-13-9(14-5-7)12-3-6-1-8(15)11-2-6/h2*4-6H,1-3H2,(H,11,15)(H,12,13,14)/t6-;/m0./s1. The summed E-state index contributed by atoms with van der Waals surface area (Å²) >= 11 is 6.53. The van der Waals surface area contributed by atoms with Crippen LogP contribution in [0.25, 0.3) is 0 Å². The van der Waals surface area contributed by atoms with Gasteiger partial charge < -0.3 is 21.3 Å². The van der Waals surface area contributed by atoms with Crippen LogP contribution in [-0.2, 0) is 9.59 Å². The van der Waals surface area contributed by atoms with Crippen molar-refractivity contribution in [3.8, 4) is 0 Å². The second kappa shape index (κ2) is 11.2. The van der Waals surface area contributed by atoms with Crippen LogP contribution in [0.15, 0.2) is 33.7 Å². The van der Waals surface area contributed by atoms with Crippen molar-refractivity contribution in [2.24, 2.45) is 11.8 Å². The molecule has 2 aromatic rings. The van der Waals surface area contributed by atoms with Gasteiger partial charge in [-0.05, 0) is 31.9 Å². The number of nitrogens with one attached hydrogen (secondary N) is 4. The fourth-order valence-corrected chi connectivity index (χ4v) is 3.31. The number of amides is 2. The molecule has 4 rings (SSSR count). The Morgan fingerprint density at radius 3 is 1.43 bits per heavy atom. The van der Waals surface area contributed by atoms with E-state index in [0.717, 1.165) is 35.1 Å². The first-order chi connectivity index (χ1) is 14.5. The molecule has 160 valence electrons. The highest BCUT2D eigenvalue weighted by Gasteiger charge is 2.21. The lowest BCUT2D eigenvalue weighted by molar-refractivity contribution is -0.120. The Balaban J connectivity index is 0.000000171. The van der Waals surface area contributed by atoms with Crippen molar-refractivity contribution in [2.45, 2.75) is 12.8 Å². The van der Waals surface area contributed by atoms with Crippen molar-refractivity contribution in [3.63, 3.8) is 0 Å². The molecule has 2 atom stereocenters. The van der Waals surface area contributed by atoms with Crippen molar-refractivity contribution in [1.82, 2.24) is 30.6 Å². The molecule has 2 fully saturated rings. The van der Waals surface area contributed by atoms with Crippen molar-refractivity contribution in [3.05, 3.63) is 33.7 Å². The minimum absolute atomic E-state index is 0.124. The zero-order chi connectivity index (χ0) is 21.3. The Bertz CT molecular complexity index is 779. The van der Waals surface area contributed by atoms with Gasteiger partial charge in [-0.1, -0.05) is 0 Å². The molecule has 0 aliphatic carbocycles. The second-order valence-electron chi connectivity index (χ2n) is 6.96. The zero-order valence-corrected chi connectivity index (χ0v) is 19.2. The maximum Gasteiger partial charge on any atom is 0.222 e. The first-order valence-electron chi connectivity index (χ1n) is 9.44. The molecular formula is C18H22Br2N8O2. The maximum atomic E-state index is 10.9. The van der Waals surface area contributed by atoms with Crippen molar-refractivity contribution >= 4 is 55.6 Å². The second-order valence-corrected chi connectivity index (χ2v) is 8.79. The molecule has 0 aromatic carbocycles. The minimum Gasteiger partial charge on any atom is -0.356 e. The van der Waals surface area contributed by atoms with Gasteiger partial charge in [0.25, 0.3) is 0 Å². The van der Waals surface area contributed by atoms with Crippen LogP contribution < -0.4 is 21.3 Å². The molecule has 0 radical (unpaired) electrons. The van der Waals surface area contributed by atoms with Crippen molar-refractivity contribution in [1.29, 1.82) is 0 Å². The first kappa shape index (κ1) is 22.3.